The second-order valence-corrected chi connectivity index (χ2v) is 8.55. The number of hydrogen-bond donors (Lipinski definition) is 2. The number of aromatic hydroxyl groups is 1. The minimum Gasteiger partial charge on any atom is -0.493 e. The number of benzene rings is 2. The Morgan fingerprint density at radius 3 is 2.38 bits per heavy atom. The molecular formula is C24H24ClN5O4. The number of nitrogens with zero attached hydrogens (tertiary/aromatic N) is 4. The molecule has 0 fully saturated rings. The zero-order valence-corrected chi connectivity index (χ0v) is 19.7. The van der Waals surface area contributed by atoms with Crippen molar-refractivity contribution in [2.75, 3.05) is 19.0 Å². The Labute approximate surface area is 200 Å². The molecule has 1 atom stereocenters. The first kappa shape index (κ1) is 23.3. The number of aromatic amines is 1. The molecule has 0 spiro atoms. The van der Waals surface area contributed by atoms with Crippen LogP contribution >= 0.6 is 11.6 Å². The molecule has 2 aromatic carbocycles. The van der Waals surface area contributed by atoms with Crippen LogP contribution in [0.5, 0.6) is 5.88 Å². The van der Waals surface area contributed by atoms with Crippen LogP contribution in [0, 0.1) is 0 Å². The molecule has 4 rings (SSSR count). The topological polar surface area (TPSA) is 111 Å². The molecule has 0 aliphatic carbocycles. The van der Waals surface area contributed by atoms with E-state index in [0.717, 1.165) is 15.8 Å². The van der Waals surface area contributed by atoms with Crippen LogP contribution in [0.25, 0.3) is 5.69 Å². The van der Waals surface area contributed by atoms with Crippen LogP contribution in [-0.2, 0) is 4.79 Å². The van der Waals surface area contributed by atoms with Gasteiger partial charge in [0.15, 0.2) is 0 Å². The second kappa shape index (κ2) is 9.18. The van der Waals surface area contributed by atoms with Crippen molar-refractivity contribution in [2.45, 2.75) is 25.8 Å². The number of anilines is 1. The molecule has 1 unspecified atom stereocenters. The molecule has 176 valence electrons. The third-order valence-electron chi connectivity index (χ3n) is 5.72. The van der Waals surface area contributed by atoms with Crippen molar-refractivity contribution in [3.05, 3.63) is 85.5 Å². The highest BCUT2D eigenvalue weighted by atomic mass is 35.5. The standard InChI is InChI=1S/C24H24ClN5O4/c1-4-20(31)30-19(14-5-9-16(10-6-14)28(2)3)13-18(27-30)21-22(32)26-24(34)29(23(21)33)17-11-7-15(25)8-12-17/h5-12,19,33H,4,13H2,1-3H3,(H,26,32,34). The van der Waals surface area contributed by atoms with Gasteiger partial charge >= 0.3 is 5.69 Å². The van der Waals surface area contributed by atoms with Crippen LogP contribution < -0.4 is 16.1 Å². The van der Waals surface area contributed by atoms with Gasteiger partial charge in [-0.05, 0) is 42.0 Å². The second-order valence-electron chi connectivity index (χ2n) is 8.11. The normalized spacial score (nSPS) is 15.4. The molecule has 1 aliphatic heterocycles. The van der Waals surface area contributed by atoms with Crippen molar-refractivity contribution >= 4 is 28.9 Å². The molecule has 2 N–H and O–H groups in total. The summed E-state index contributed by atoms with van der Waals surface area (Å²) in [6.45, 7) is 1.73. The summed E-state index contributed by atoms with van der Waals surface area (Å²) in [4.78, 5) is 42.2. The minimum absolute atomic E-state index is 0.157. The third kappa shape index (κ3) is 4.22. The maximum absolute atomic E-state index is 12.8. The number of nitrogens with one attached hydrogen (secondary N) is 1. The van der Waals surface area contributed by atoms with E-state index in [2.05, 4.69) is 10.1 Å². The third-order valence-corrected chi connectivity index (χ3v) is 5.97. The van der Waals surface area contributed by atoms with Gasteiger partial charge in [-0.25, -0.2) is 14.4 Å². The molecule has 1 amide bonds. The van der Waals surface area contributed by atoms with Gasteiger partial charge in [0.25, 0.3) is 5.56 Å². The lowest BCUT2D eigenvalue weighted by Gasteiger charge is -2.22. The van der Waals surface area contributed by atoms with E-state index in [1.165, 1.54) is 5.01 Å². The number of rotatable bonds is 5. The van der Waals surface area contributed by atoms with Gasteiger partial charge in [-0.2, -0.15) is 5.10 Å². The van der Waals surface area contributed by atoms with Crippen LogP contribution in [0.15, 0.2) is 63.2 Å². The molecule has 0 saturated carbocycles. The molecular weight excluding hydrogens is 458 g/mol. The zero-order chi connectivity index (χ0) is 24.6. The highest BCUT2D eigenvalue weighted by Gasteiger charge is 2.35. The molecule has 2 heterocycles. The lowest BCUT2D eigenvalue weighted by molar-refractivity contribution is -0.132. The number of carbonyl (C=O) groups is 1. The number of hydrazone groups is 1. The lowest BCUT2D eigenvalue weighted by Crippen LogP contribution is -2.33. The van der Waals surface area contributed by atoms with Crippen LogP contribution in [0.4, 0.5) is 5.69 Å². The molecule has 34 heavy (non-hydrogen) atoms. The number of hydrogen-bond acceptors (Lipinski definition) is 6. The Morgan fingerprint density at radius 2 is 1.79 bits per heavy atom. The largest absolute Gasteiger partial charge is 0.493 e. The summed E-state index contributed by atoms with van der Waals surface area (Å²) in [5.74, 6) is -0.777. The predicted molar refractivity (Wildman–Crippen MR) is 131 cm³/mol. The SMILES string of the molecule is CCC(=O)N1N=C(c2c(O)n(-c3ccc(Cl)cc3)c(=O)[nH]c2=O)CC1c1ccc(N(C)C)cc1. The van der Waals surface area contributed by atoms with E-state index < -0.39 is 23.2 Å². The fraction of sp³-hybridized carbons (Fsp3) is 0.250. The summed E-state index contributed by atoms with van der Waals surface area (Å²) in [5.41, 5.74) is 0.637. The van der Waals surface area contributed by atoms with E-state index in [0.29, 0.717) is 10.7 Å². The summed E-state index contributed by atoms with van der Waals surface area (Å²) in [7, 11) is 3.87. The number of amides is 1. The molecule has 10 heteroatoms. The molecule has 0 bridgehead atoms. The van der Waals surface area contributed by atoms with Gasteiger partial charge in [-0.15, -0.1) is 0 Å². The number of halogens is 1. The summed E-state index contributed by atoms with van der Waals surface area (Å²) in [5, 5.41) is 17.2. The molecule has 9 nitrogen and oxygen atoms in total. The molecule has 1 aromatic heterocycles. The van der Waals surface area contributed by atoms with Crippen LogP contribution in [0.1, 0.15) is 36.9 Å². The van der Waals surface area contributed by atoms with Crippen molar-refractivity contribution in [3.63, 3.8) is 0 Å². The van der Waals surface area contributed by atoms with Gasteiger partial charge in [-0.3, -0.25) is 14.6 Å². The molecule has 0 radical (unpaired) electrons. The average Bonchev–Trinajstić information content (AvgIpc) is 3.24. The van der Waals surface area contributed by atoms with E-state index in [1.807, 2.05) is 43.3 Å². The van der Waals surface area contributed by atoms with E-state index in [-0.39, 0.29) is 30.0 Å². The predicted octanol–water partition coefficient (Wildman–Crippen LogP) is 3.04. The van der Waals surface area contributed by atoms with Gasteiger partial charge in [0.05, 0.1) is 17.4 Å². The highest BCUT2D eigenvalue weighted by Crippen LogP contribution is 2.35. The number of H-pyrrole nitrogens is 1. The van der Waals surface area contributed by atoms with Gasteiger partial charge in [0.2, 0.25) is 11.8 Å². The van der Waals surface area contributed by atoms with E-state index in [1.54, 1.807) is 31.2 Å². The van der Waals surface area contributed by atoms with Gasteiger partial charge in [-0.1, -0.05) is 30.7 Å². The van der Waals surface area contributed by atoms with E-state index in [4.69, 9.17) is 11.6 Å². The van der Waals surface area contributed by atoms with Gasteiger partial charge in [0.1, 0.15) is 5.56 Å². The Balaban J connectivity index is 1.80. The average molecular weight is 482 g/mol. The Bertz CT molecular complexity index is 1370. The summed E-state index contributed by atoms with van der Waals surface area (Å²) in [6, 6.07) is 13.5. The molecule has 3 aromatic rings. The highest BCUT2D eigenvalue weighted by molar-refractivity contribution is 6.30. The maximum Gasteiger partial charge on any atom is 0.335 e. The van der Waals surface area contributed by atoms with Gasteiger partial charge < -0.3 is 10.0 Å². The first-order valence-electron chi connectivity index (χ1n) is 10.7. The van der Waals surface area contributed by atoms with Crippen LogP contribution in [-0.4, -0.2) is 45.4 Å². The van der Waals surface area contributed by atoms with Crippen LogP contribution in [0.2, 0.25) is 5.02 Å². The smallest absolute Gasteiger partial charge is 0.335 e. The van der Waals surface area contributed by atoms with Gasteiger partial charge in [0, 0.05) is 37.6 Å². The van der Waals surface area contributed by atoms with E-state index >= 15 is 0 Å². The quantitative estimate of drug-likeness (QED) is 0.582. The van der Waals surface area contributed by atoms with Crippen molar-refractivity contribution in [1.29, 1.82) is 0 Å². The Kier molecular flexibility index (Phi) is 6.30. The van der Waals surface area contributed by atoms with Crippen molar-refractivity contribution in [3.8, 4) is 11.6 Å². The summed E-state index contributed by atoms with van der Waals surface area (Å²) in [6.07, 6.45) is 0.415. The summed E-state index contributed by atoms with van der Waals surface area (Å²) >= 11 is 5.93. The first-order chi connectivity index (χ1) is 16.2. The number of carbonyl (C=O) groups excluding carboxylic acids is 1. The van der Waals surface area contributed by atoms with Crippen molar-refractivity contribution in [2.24, 2.45) is 5.10 Å². The Hall–Kier alpha value is -3.85. The zero-order valence-electron chi connectivity index (χ0n) is 18.9. The number of aromatic nitrogens is 2. The first-order valence-corrected chi connectivity index (χ1v) is 11.1. The van der Waals surface area contributed by atoms with Crippen molar-refractivity contribution < 1.29 is 9.90 Å². The molecule has 0 saturated heterocycles. The fourth-order valence-electron chi connectivity index (χ4n) is 3.92. The van der Waals surface area contributed by atoms with Crippen molar-refractivity contribution in [1.82, 2.24) is 14.6 Å². The monoisotopic (exact) mass is 481 g/mol. The molecule has 1 aliphatic rings. The Morgan fingerprint density at radius 1 is 1.15 bits per heavy atom. The fourth-order valence-corrected chi connectivity index (χ4v) is 4.05. The van der Waals surface area contributed by atoms with E-state index in [9.17, 15) is 19.5 Å². The minimum atomic E-state index is -0.801. The maximum atomic E-state index is 12.8. The van der Waals surface area contributed by atoms with Crippen LogP contribution in [0.3, 0.4) is 0 Å². The lowest BCUT2D eigenvalue weighted by atomic mass is 9.98. The summed E-state index contributed by atoms with van der Waals surface area (Å²) < 4.78 is 0.973.